The minimum absolute atomic E-state index is 0.576. The van der Waals surface area contributed by atoms with Gasteiger partial charge >= 0.3 is 0 Å². The Kier molecular flexibility index (Phi) is 8.91. The SMILES string of the molecule is CC.CC.Cc1cnn(C2CCCNC2)c1. The Morgan fingerprint density at radius 3 is 2.44 bits per heavy atom. The summed E-state index contributed by atoms with van der Waals surface area (Å²) >= 11 is 0. The van der Waals surface area contributed by atoms with Crippen LogP contribution in [0.2, 0.25) is 0 Å². The molecule has 0 spiro atoms. The number of hydrogen-bond donors (Lipinski definition) is 1. The highest BCUT2D eigenvalue weighted by atomic mass is 15.3. The minimum atomic E-state index is 0.576. The van der Waals surface area contributed by atoms with Crippen molar-refractivity contribution in [1.82, 2.24) is 15.1 Å². The van der Waals surface area contributed by atoms with E-state index in [-0.39, 0.29) is 0 Å². The topological polar surface area (TPSA) is 29.9 Å². The third-order valence-corrected chi connectivity index (χ3v) is 2.38. The van der Waals surface area contributed by atoms with E-state index in [2.05, 4.69) is 28.2 Å². The zero-order valence-electron chi connectivity index (χ0n) is 11.5. The van der Waals surface area contributed by atoms with Gasteiger partial charge in [0.25, 0.3) is 0 Å². The van der Waals surface area contributed by atoms with E-state index in [9.17, 15) is 0 Å². The predicted octanol–water partition coefficient (Wildman–Crippen LogP) is 3.17. The molecule has 1 fully saturated rings. The van der Waals surface area contributed by atoms with Crippen molar-refractivity contribution in [2.75, 3.05) is 13.1 Å². The molecule has 2 rings (SSSR count). The summed E-state index contributed by atoms with van der Waals surface area (Å²) in [6.07, 6.45) is 6.57. The van der Waals surface area contributed by atoms with Crippen LogP contribution in [0.25, 0.3) is 0 Å². The van der Waals surface area contributed by atoms with Crippen LogP contribution >= 0.6 is 0 Å². The molecule has 16 heavy (non-hydrogen) atoms. The van der Waals surface area contributed by atoms with Crippen molar-refractivity contribution >= 4 is 0 Å². The second-order valence-electron chi connectivity index (χ2n) is 3.50. The quantitative estimate of drug-likeness (QED) is 0.795. The van der Waals surface area contributed by atoms with Crippen LogP contribution in [0.4, 0.5) is 0 Å². The van der Waals surface area contributed by atoms with E-state index in [0.29, 0.717) is 6.04 Å². The molecule has 1 aliphatic heterocycles. The van der Waals surface area contributed by atoms with Crippen LogP contribution in [-0.4, -0.2) is 22.9 Å². The first-order valence-electron chi connectivity index (χ1n) is 6.58. The molecule has 1 aromatic heterocycles. The molecule has 94 valence electrons. The van der Waals surface area contributed by atoms with E-state index in [1.54, 1.807) is 0 Å². The third-order valence-electron chi connectivity index (χ3n) is 2.38. The highest BCUT2D eigenvalue weighted by Gasteiger charge is 2.14. The van der Waals surface area contributed by atoms with Crippen molar-refractivity contribution in [2.24, 2.45) is 0 Å². The number of nitrogens with one attached hydrogen (secondary N) is 1. The van der Waals surface area contributed by atoms with Crippen LogP contribution in [0.3, 0.4) is 0 Å². The minimum Gasteiger partial charge on any atom is -0.315 e. The van der Waals surface area contributed by atoms with Gasteiger partial charge in [-0.2, -0.15) is 5.10 Å². The van der Waals surface area contributed by atoms with Crippen molar-refractivity contribution in [3.63, 3.8) is 0 Å². The van der Waals surface area contributed by atoms with Crippen LogP contribution < -0.4 is 5.32 Å². The second kappa shape index (κ2) is 9.40. The lowest BCUT2D eigenvalue weighted by Gasteiger charge is -2.22. The Hall–Kier alpha value is -0.830. The summed E-state index contributed by atoms with van der Waals surface area (Å²) < 4.78 is 2.08. The largest absolute Gasteiger partial charge is 0.315 e. The van der Waals surface area contributed by atoms with Gasteiger partial charge in [0.05, 0.1) is 12.2 Å². The summed E-state index contributed by atoms with van der Waals surface area (Å²) in [6.45, 7) is 12.3. The Balaban J connectivity index is 0.000000509. The molecule has 0 amide bonds. The van der Waals surface area contributed by atoms with Gasteiger partial charge in [0.1, 0.15) is 0 Å². The van der Waals surface area contributed by atoms with Gasteiger partial charge in [-0.15, -0.1) is 0 Å². The highest BCUT2D eigenvalue weighted by molar-refractivity contribution is 5.00. The van der Waals surface area contributed by atoms with Crippen LogP contribution in [0.15, 0.2) is 12.4 Å². The van der Waals surface area contributed by atoms with Crippen molar-refractivity contribution in [3.8, 4) is 0 Å². The summed E-state index contributed by atoms with van der Waals surface area (Å²) in [5, 5.41) is 7.70. The van der Waals surface area contributed by atoms with Crippen molar-refractivity contribution < 1.29 is 0 Å². The fourth-order valence-corrected chi connectivity index (χ4v) is 1.69. The van der Waals surface area contributed by atoms with Gasteiger partial charge in [-0.05, 0) is 31.9 Å². The molecule has 0 radical (unpaired) electrons. The smallest absolute Gasteiger partial charge is 0.0644 e. The van der Waals surface area contributed by atoms with Crippen molar-refractivity contribution in [1.29, 1.82) is 0 Å². The summed E-state index contributed by atoms with van der Waals surface area (Å²) in [5.41, 5.74) is 1.25. The molecule has 3 nitrogen and oxygen atoms in total. The number of aromatic nitrogens is 2. The molecule has 1 saturated heterocycles. The zero-order chi connectivity index (χ0) is 12.4. The molecular weight excluding hydrogens is 198 g/mol. The predicted molar refractivity (Wildman–Crippen MR) is 70.8 cm³/mol. The molecular formula is C13H27N3. The monoisotopic (exact) mass is 225 g/mol. The maximum atomic E-state index is 4.32. The highest BCUT2D eigenvalue weighted by Crippen LogP contribution is 2.15. The number of piperidine rings is 1. The number of rotatable bonds is 1. The molecule has 1 aliphatic rings. The molecule has 3 heteroatoms. The van der Waals surface area contributed by atoms with Gasteiger partial charge in [0.2, 0.25) is 0 Å². The molecule has 0 aliphatic carbocycles. The summed E-state index contributed by atoms with van der Waals surface area (Å²) in [5.74, 6) is 0. The molecule has 0 aromatic carbocycles. The maximum Gasteiger partial charge on any atom is 0.0644 e. The van der Waals surface area contributed by atoms with Crippen LogP contribution in [0.5, 0.6) is 0 Å². The summed E-state index contributed by atoms with van der Waals surface area (Å²) in [4.78, 5) is 0. The Morgan fingerprint density at radius 1 is 1.31 bits per heavy atom. The number of aryl methyl sites for hydroxylation is 1. The molecule has 0 bridgehead atoms. The molecule has 1 aromatic rings. The van der Waals surface area contributed by atoms with E-state index in [1.807, 2.05) is 33.9 Å². The lowest BCUT2D eigenvalue weighted by atomic mass is 10.1. The van der Waals surface area contributed by atoms with Gasteiger partial charge < -0.3 is 5.32 Å². The van der Waals surface area contributed by atoms with Crippen LogP contribution in [-0.2, 0) is 0 Å². The van der Waals surface area contributed by atoms with Crippen molar-refractivity contribution in [2.45, 2.75) is 53.5 Å². The van der Waals surface area contributed by atoms with E-state index in [4.69, 9.17) is 0 Å². The average molecular weight is 225 g/mol. The van der Waals surface area contributed by atoms with Gasteiger partial charge in [-0.1, -0.05) is 27.7 Å². The summed E-state index contributed by atoms with van der Waals surface area (Å²) in [6, 6.07) is 0.576. The molecule has 2 heterocycles. The van der Waals surface area contributed by atoms with E-state index < -0.39 is 0 Å². The Bertz CT molecular complexity index is 249. The van der Waals surface area contributed by atoms with E-state index in [1.165, 1.54) is 18.4 Å². The molecule has 0 saturated carbocycles. The number of hydrogen-bond acceptors (Lipinski definition) is 2. The lowest BCUT2D eigenvalue weighted by molar-refractivity contribution is 0.346. The number of nitrogens with zero attached hydrogens (tertiary/aromatic N) is 2. The van der Waals surface area contributed by atoms with Crippen LogP contribution in [0, 0.1) is 6.92 Å². The second-order valence-corrected chi connectivity index (χ2v) is 3.50. The average Bonchev–Trinajstić information content (AvgIpc) is 2.82. The van der Waals surface area contributed by atoms with Gasteiger partial charge in [0, 0.05) is 12.7 Å². The van der Waals surface area contributed by atoms with Crippen molar-refractivity contribution in [3.05, 3.63) is 18.0 Å². The Morgan fingerprint density at radius 2 is 2.00 bits per heavy atom. The van der Waals surface area contributed by atoms with E-state index in [0.717, 1.165) is 13.1 Å². The van der Waals surface area contributed by atoms with Gasteiger partial charge in [-0.3, -0.25) is 4.68 Å². The normalized spacial score (nSPS) is 18.9. The first-order valence-corrected chi connectivity index (χ1v) is 6.58. The third kappa shape index (κ3) is 4.79. The lowest BCUT2D eigenvalue weighted by Crippen LogP contribution is -2.31. The van der Waals surface area contributed by atoms with E-state index >= 15 is 0 Å². The molecule has 1 unspecified atom stereocenters. The molecule has 1 atom stereocenters. The standard InChI is InChI=1S/C9H15N3.2C2H6/c1-8-5-11-12(7-8)9-3-2-4-10-6-9;2*1-2/h5,7,9-10H,2-4,6H2,1H3;2*1-2H3. The molecule has 1 N–H and O–H groups in total. The van der Waals surface area contributed by atoms with Gasteiger partial charge in [-0.25, -0.2) is 0 Å². The van der Waals surface area contributed by atoms with Crippen LogP contribution in [0.1, 0.15) is 52.1 Å². The Labute approximate surface area is 100 Å². The zero-order valence-corrected chi connectivity index (χ0v) is 11.5. The fraction of sp³-hybridized carbons (Fsp3) is 0.769. The first-order chi connectivity index (χ1) is 7.86. The maximum absolute atomic E-state index is 4.32. The van der Waals surface area contributed by atoms with Gasteiger partial charge in [0.15, 0.2) is 0 Å². The first kappa shape index (κ1) is 15.2. The summed E-state index contributed by atoms with van der Waals surface area (Å²) in [7, 11) is 0. The fourth-order valence-electron chi connectivity index (χ4n) is 1.69.